The van der Waals surface area contributed by atoms with Gasteiger partial charge in [0.25, 0.3) is 0 Å². The monoisotopic (exact) mass is 243 g/mol. The van der Waals surface area contributed by atoms with Crippen LogP contribution < -0.4 is 5.32 Å². The van der Waals surface area contributed by atoms with E-state index in [9.17, 15) is 4.79 Å². The van der Waals surface area contributed by atoms with Gasteiger partial charge in [-0.1, -0.05) is 20.3 Å². The normalized spacial score (nSPS) is 30.1. The quantitative estimate of drug-likeness (QED) is 0.756. The standard InChI is InChI=1S/C13H22ClNO/c1-13(2)7-3-4-10(13)12(16)15-8-11(14)9-5-6-9/h9-11H,3-8H2,1-2H3,(H,15,16). The minimum Gasteiger partial charge on any atom is -0.354 e. The molecule has 1 amide bonds. The fraction of sp³-hybridized carbons (Fsp3) is 0.923. The first-order valence-corrected chi connectivity index (χ1v) is 6.86. The van der Waals surface area contributed by atoms with Crippen LogP contribution in [0.3, 0.4) is 0 Å². The van der Waals surface area contributed by atoms with Crippen molar-refractivity contribution < 1.29 is 4.79 Å². The number of carbonyl (C=O) groups excluding carboxylic acids is 1. The second-order valence-corrected chi connectivity index (χ2v) is 6.59. The van der Waals surface area contributed by atoms with Gasteiger partial charge < -0.3 is 5.32 Å². The molecule has 2 aliphatic rings. The summed E-state index contributed by atoms with van der Waals surface area (Å²) in [6.45, 7) is 5.05. The fourth-order valence-electron chi connectivity index (χ4n) is 2.76. The van der Waals surface area contributed by atoms with E-state index in [1.165, 1.54) is 19.3 Å². The number of hydrogen-bond acceptors (Lipinski definition) is 1. The number of nitrogens with one attached hydrogen (secondary N) is 1. The average Bonchev–Trinajstić information content (AvgIpc) is 2.99. The number of hydrogen-bond donors (Lipinski definition) is 1. The number of halogens is 1. The van der Waals surface area contributed by atoms with Crippen molar-refractivity contribution in [3.63, 3.8) is 0 Å². The molecule has 3 heteroatoms. The third-order valence-electron chi connectivity index (χ3n) is 4.18. The smallest absolute Gasteiger partial charge is 0.223 e. The Labute approximate surface area is 103 Å². The van der Waals surface area contributed by atoms with Gasteiger partial charge in [-0.3, -0.25) is 4.79 Å². The number of carbonyl (C=O) groups is 1. The lowest BCUT2D eigenvalue weighted by Crippen LogP contribution is -2.39. The van der Waals surface area contributed by atoms with Crippen molar-refractivity contribution in [2.45, 2.75) is 51.3 Å². The highest BCUT2D eigenvalue weighted by molar-refractivity contribution is 6.21. The second kappa shape index (κ2) is 4.56. The van der Waals surface area contributed by atoms with E-state index in [0.717, 1.165) is 12.8 Å². The summed E-state index contributed by atoms with van der Waals surface area (Å²) in [5, 5.41) is 3.18. The summed E-state index contributed by atoms with van der Waals surface area (Å²) >= 11 is 6.19. The van der Waals surface area contributed by atoms with E-state index >= 15 is 0 Å². The Kier molecular flexibility index (Phi) is 3.48. The van der Waals surface area contributed by atoms with Gasteiger partial charge in [0.05, 0.1) is 5.38 Å². The van der Waals surface area contributed by atoms with Crippen LogP contribution in [-0.2, 0) is 4.79 Å². The summed E-state index contributed by atoms with van der Waals surface area (Å²) in [4.78, 5) is 12.0. The highest BCUT2D eigenvalue weighted by Gasteiger charge is 2.39. The van der Waals surface area contributed by atoms with Crippen molar-refractivity contribution in [2.75, 3.05) is 6.54 Å². The van der Waals surface area contributed by atoms with Gasteiger partial charge in [-0.15, -0.1) is 11.6 Å². The number of alkyl halides is 1. The number of amides is 1. The zero-order chi connectivity index (χ0) is 11.8. The second-order valence-electron chi connectivity index (χ2n) is 6.03. The Balaban J connectivity index is 1.78. The van der Waals surface area contributed by atoms with E-state index < -0.39 is 0 Å². The van der Waals surface area contributed by atoms with E-state index in [2.05, 4.69) is 19.2 Å². The van der Waals surface area contributed by atoms with E-state index in [4.69, 9.17) is 11.6 Å². The Hall–Kier alpha value is -0.240. The van der Waals surface area contributed by atoms with Crippen molar-refractivity contribution in [3.05, 3.63) is 0 Å². The maximum atomic E-state index is 12.0. The molecule has 0 aromatic carbocycles. The minimum atomic E-state index is 0.147. The molecule has 0 heterocycles. The van der Waals surface area contributed by atoms with Gasteiger partial charge in [0.1, 0.15) is 0 Å². The van der Waals surface area contributed by atoms with E-state index in [-0.39, 0.29) is 22.6 Å². The lowest BCUT2D eigenvalue weighted by molar-refractivity contribution is -0.127. The van der Waals surface area contributed by atoms with Crippen LogP contribution in [0.15, 0.2) is 0 Å². The third kappa shape index (κ3) is 2.71. The van der Waals surface area contributed by atoms with Crippen LogP contribution in [-0.4, -0.2) is 17.8 Å². The predicted molar refractivity (Wildman–Crippen MR) is 66.5 cm³/mol. The van der Waals surface area contributed by atoms with Gasteiger partial charge in [-0.05, 0) is 37.0 Å². The molecule has 2 rings (SSSR count). The largest absolute Gasteiger partial charge is 0.354 e. The lowest BCUT2D eigenvalue weighted by atomic mass is 9.81. The summed E-state index contributed by atoms with van der Waals surface area (Å²) in [6.07, 6.45) is 5.85. The molecule has 0 saturated heterocycles. The molecule has 2 aliphatic carbocycles. The Morgan fingerprint density at radius 3 is 2.62 bits per heavy atom. The van der Waals surface area contributed by atoms with Crippen LogP contribution in [0.4, 0.5) is 0 Å². The van der Waals surface area contributed by atoms with Crippen LogP contribution in [0.1, 0.15) is 46.0 Å². The maximum absolute atomic E-state index is 12.0. The molecule has 0 aromatic heterocycles. The van der Waals surface area contributed by atoms with Crippen LogP contribution in [0.2, 0.25) is 0 Å². The molecule has 92 valence electrons. The molecule has 1 N–H and O–H groups in total. The van der Waals surface area contributed by atoms with Gasteiger partial charge in [-0.2, -0.15) is 0 Å². The van der Waals surface area contributed by atoms with Gasteiger partial charge in [0, 0.05) is 12.5 Å². The van der Waals surface area contributed by atoms with Crippen molar-refractivity contribution >= 4 is 17.5 Å². The summed E-state index contributed by atoms with van der Waals surface area (Å²) < 4.78 is 0. The van der Waals surface area contributed by atoms with Crippen molar-refractivity contribution in [1.82, 2.24) is 5.32 Å². The van der Waals surface area contributed by atoms with Crippen LogP contribution in [0, 0.1) is 17.3 Å². The van der Waals surface area contributed by atoms with E-state index in [0.29, 0.717) is 12.5 Å². The van der Waals surface area contributed by atoms with Crippen LogP contribution in [0.25, 0.3) is 0 Å². The molecule has 2 unspecified atom stereocenters. The summed E-state index contributed by atoms with van der Waals surface area (Å²) in [5.41, 5.74) is 0.172. The molecule has 2 atom stereocenters. The highest BCUT2D eigenvalue weighted by Crippen LogP contribution is 2.42. The van der Waals surface area contributed by atoms with Crippen molar-refractivity contribution in [3.8, 4) is 0 Å². The molecule has 2 nitrogen and oxygen atoms in total. The third-order valence-corrected chi connectivity index (χ3v) is 4.69. The minimum absolute atomic E-state index is 0.147. The first-order valence-electron chi connectivity index (χ1n) is 6.42. The Morgan fingerprint density at radius 1 is 1.44 bits per heavy atom. The summed E-state index contributed by atoms with van der Waals surface area (Å²) in [6, 6.07) is 0. The average molecular weight is 244 g/mol. The molecule has 0 bridgehead atoms. The van der Waals surface area contributed by atoms with Gasteiger partial charge >= 0.3 is 0 Å². The predicted octanol–water partition coefficient (Wildman–Crippen LogP) is 2.95. The zero-order valence-electron chi connectivity index (χ0n) is 10.3. The molecule has 0 spiro atoms. The van der Waals surface area contributed by atoms with Gasteiger partial charge in [0.15, 0.2) is 0 Å². The maximum Gasteiger partial charge on any atom is 0.223 e. The topological polar surface area (TPSA) is 29.1 Å². The summed E-state index contributed by atoms with van der Waals surface area (Å²) in [7, 11) is 0. The first-order chi connectivity index (χ1) is 7.50. The van der Waals surface area contributed by atoms with Crippen LogP contribution in [0.5, 0.6) is 0 Å². The van der Waals surface area contributed by atoms with Crippen molar-refractivity contribution in [2.24, 2.45) is 17.3 Å². The Bertz CT molecular complexity index is 273. The molecular weight excluding hydrogens is 222 g/mol. The molecule has 2 fully saturated rings. The fourth-order valence-corrected chi connectivity index (χ4v) is 3.09. The first kappa shape index (κ1) is 12.2. The molecule has 2 saturated carbocycles. The molecule has 0 aliphatic heterocycles. The molecule has 0 aromatic rings. The van der Waals surface area contributed by atoms with E-state index in [1.807, 2.05) is 0 Å². The zero-order valence-corrected chi connectivity index (χ0v) is 11.0. The molecule has 0 radical (unpaired) electrons. The highest BCUT2D eigenvalue weighted by atomic mass is 35.5. The summed E-state index contributed by atoms with van der Waals surface area (Å²) in [5.74, 6) is 1.06. The molecule has 16 heavy (non-hydrogen) atoms. The van der Waals surface area contributed by atoms with Gasteiger partial charge in [-0.25, -0.2) is 0 Å². The number of rotatable bonds is 4. The SMILES string of the molecule is CC1(C)CCCC1C(=O)NCC(Cl)C1CC1. The van der Waals surface area contributed by atoms with Crippen molar-refractivity contribution in [1.29, 1.82) is 0 Å². The van der Waals surface area contributed by atoms with Crippen LogP contribution >= 0.6 is 11.6 Å². The molecular formula is C13H22ClNO. The van der Waals surface area contributed by atoms with E-state index in [1.54, 1.807) is 0 Å². The Morgan fingerprint density at radius 2 is 2.12 bits per heavy atom. The lowest BCUT2D eigenvalue weighted by Gasteiger charge is -2.26. The van der Waals surface area contributed by atoms with Gasteiger partial charge in [0.2, 0.25) is 5.91 Å².